The van der Waals surface area contributed by atoms with Gasteiger partial charge in [0.2, 0.25) is 11.1 Å². The maximum atomic E-state index is 13.0. The highest BCUT2D eigenvalue weighted by Gasteiger charge is 2.42. The molecule has 2 aromatic rings. The third-order valence-electron chi connectivity index (χ3n) is 4.74. The van der Waals surface area contributed by atoms with Crippen LogP contribution in [0.4, 0.5) is 5.95 Å². The molecule has 0 aromatic carbocycles. The number of aromatic nitrogens is 3. The van der Waals surface area contributed by atoms with Crippen LogP contribution in [0.5, 0.6) is 0 Å². The Kier molecular flexibility index (Phi) is 4.03. The lowest BCUT2D eigenvalue weighted by atomic mass is 9.73. The Morgan fingerprint density at radius 2 is 2.24 bits per heavy atom. The Labute approximate surface area is 155 Å². The normalized spacial score (nSPS) is 21.8. The standard InChI is InChI=1S/C18H22N4OS2/c1-5-24-17-20-16-19-11-8-18(3,4)9-12(23)13(11)14(22(16)21-17)15-10(2)6-7-25-15/h6-7,14H,5,8-9H2,1-4H3,(H,19,20,21)/t14-/m0/s1. The summed E-state index contributed by atoms with van der Waals surface area (Å²) in [5.74, 6) is 1.89. The summed E-state index contributed by atoms with van der Waals surface area (Å²) in [6.07, 6.45) is 1.44. The van der Waals surface area contributed by atoms with E-state index >= 15 is 0 Å². The molecule has 0 spiro atoms. The number of Topliss-reactive ketones (excluding diaryl/α,β-unsaturated/α-hetero) is 1. The van der Waals surface area contributed by atoms with Gasteiger partial charge in [0.05, 0.1) is 0 Å². The quantitative estimate of drug-likeness (QED) is 0.806. The number of aryl methyl sites for hydroxylation is 1. The predicted octanol–water partition coefficient (Wildman–Crippen LogP) is 4.42. The topological polar surface area (TPSA) is 59.8 Å². The van der Waals surface area contributed by atoms with E-state index in [1.807, 2.05) is 4.68 Å². The van der Waals surface area contributed by atoms with Gasteiger partial charge in [-0.3, -0.25) is 4.79 Å². The molecule has 1 atom stereocenters. The first-order valence-corrected chi connectivity index (χ1v) is 10.4. The highest BCUT2D eigenvalue weighted by atomic mass is 32.2. The Balaban J connectivity index is 1.89. The number of nitrogens with one attached hydrogen (secondary N) is 1. The number of allylic oxidation sites excluding steroid dienone is 2. The number of fused-ring (bicyclic) bond motifs is 1. The molecule has 4 rings (SSSR count). The van der Waals surface area contributed by atoms with Gasteiger partial charge in [0.15, 0.2) is 5.78 Å². The van der Waals surface area contributed by atoms with Gasteiger partial charge in [0.25, 0.3) is 0 Å². The number of carbonyl (C=O) groups is 1. The van der Waals surface area contributed by atoms with Gasteiger partial charge in [-0.25, -0.2) is 4.68 Å². The van der Waals surface area contributed by atoms with Crippen molar-refractivity contribution in [3.05, 3.63) is 33.2 Å². The molecule has 0 saturated heterocycles. The summed E-state index contributed by atoms with van der Waals surface area (Å²) in [7, 11) is 0. The molecule has 0 fully saturated rings. The highest BCUT2D eigenvalue weighted by molar-refractivity contribution is 7.99. The molecule has 2 aromatic heterocycles. The van der Waals surface area contributed by atoms with Crippen molar-refractivity contribution in [3.8, 4) is 0 Å². The zero-order valence-electron chi connectivity index (χ0n) is 14.9. The molecule has 1 aliphatic carbocycles. The van der Waals surface area contributed by atoms with Gasteiger partial charge in [-0.05, 0) is 41.5 Å². The van der Waals surface area contributed by atoms with Crippen LogP contribution in [0.15, 0.2) is 27.9 Å². The SMILES string of the molecule is CCSc1nc2n(n1)[C@H](c1sccc1C)C1=C(CC(C)(C)CC1=O)N2. The number of hydrogen-bond acceptors (Lipinski definition) is 6. The first kappa shape index (κ1) is 16.8. The predicted molar refractivity (Wildman–Crippen MR) is 102 cm³/mol. The molecule has 3 heterocycles. The molecule has 0 radical (unpaired) electrons. The number of anilines is 1. The van der Waals surface area contributed by atoms with Crippen molar-refractivity contribution in [2.45, 2.75) is 51.7 Å². The number of rotatable bonds is 3. The Hall–Kier alpha value is -1.60. The van der Waals surface area contributed by atoms with Crippen LogP contribution in [-0.2, 0) is 4.79 Å². The van der Waals surface area contributed by atoms with E-state index in [0.717, 1.165) is 34.5 Å². The molecule has 25 heavy (non-hydrogen) atoms. The molecule has 2 aliphatic rings. The maximum Gasteiger partial charge on any atom is 0.227 e. The lowest BCUT2D eigenvalue weighted by Crippen LogP contribution is -2.36. The van der Waals surface area contributed by atoms with Gasteiger partial charge in [-0.2, -0.15) is 4.98 Å². The summed E-state index contributed by atoms with van der Waals surface area (Å²) in [5.41, 5.74) is 3.07. The zero-order valence-corrected chi connectivity index (χ0v) is 16.6. The number of ketones is 1. The number of hydrogen-bond donors (Lipinski definition) is 1. The first-order valence-electron chi connectivity index (χ1n) is 8.56. The smallest absolute Gasteiger partial charge is 0.227 e. The summed E-state index contributed by atoms with van der Waals surface area (Å²) >= 11 is 3.31. The lowest BCUT2D eigenvalue weighted by Gasteiger charge is -2.38. The average Bonchev–Trinajstić information content (AvgIpc) is 3.10. The molecule has 132 valence electrons. The van der Waals surface area contributed by atoms with Crippen LogP contribution in [0.3, 0.4) is 0 Å². The average molecular weight is 375 g/mol. The molecular formula is C18H22N4OS2. The number of carbonyl (C=O) groups excluding carboxylic acids is 1. The summed E-state index contributed by atoms with van der Waals surface area (Å²) in [4.78, 5) is 18.9. The van der Waals surface area contributed by atoms with Crippen LogP contribution in [-0.4, -0.2) is 26.3 Å². The van der Waals surface area contributed by atoms with Crippen LogP contribution in [0, 0.1) is 12.3 Å². The van der Waals surface area contributed by atoms with Crippen LogP contribution in [0.25, 0.3) is 0 Å². The van der Waals surface area contributed by atoms with Crippen molar-refractivity contribution in [3.63, 3.8) is 0 Å². The van der Waals surface area contributed by atoms with E-state index in [1.165, 1.54) is 10.4 Å². The molecule has 0 unspecified atom stereocenters. The van der Waals surface area contributed by atoms with Crippen LogP contribution in [0.2, 0.25) is 0 Å². The number of thioether (sulfide) groups is 1. The fourth-order valence-corrected chi connectivity index (χ4v) is 5.26. The van der Waals surface area contributed by atoms with Crippen molar-refractivity contribution >= 4 is 34.8 Å². The zero-order chi connectivity index (χ0) is 17.8. The number of thiophene rings is 1. The summed E-state index contributed by atoms with van der Waals surface area (Å²) in [6.45, 7) is 8.50. The van der Waals surface area contributed by atoms with Crippen LogP contribution >= 0.6 is 23.1 Å². The Bertz CT molecular complexity index is 878. The van der Waals surface area contributed by atoms with Gasteiger partial charge < -0.3 is 5.32 Å². The minimum absolute atomic E-state index is 0.0266. The minimum Gasteiger partial charge on any atom is -0.328 e. The fraction of sp³-hybridized carbons (Fsp3) is 0.500. The van der Waals surface area contributed by atoms with Gasteiger partial charge in [0.1, 0.15) is 6.04 Å². The van der Waals surface area contributed by atoms with E-state index < -0.39 is 0 Å². The van der Waals surface area contributed by atoms with Gasteiger partial charge in [0, 0.05) is 22.6 Å². The molecular weight excluding hydrogens is 352 g/mol. The molecule has 5 nitrogen and oxygen atoms in total. The van der Waals surface area contributed by atoms with Gasteiger partial charge in [-0.1, -0.05) is 32.5 Å². The summed E-state index contributed by atoms with van der Waals surface area (Å²) < 4.78 is 1.91. The van der Waals surface area contributed by atoms with Crippen molar-refractivity contribution in [2.24, 2.45) is 5.41 Å². The summed E-state index contributed by atoms with van der Waals surface area (Å²) in [5, 5.41) is 11.0. The van der Waals surface area contributed by atoms with Gasteiger partial charge >= 0.3 is 0 Å². The van der Waals surface area contributed by atoms with Crippen molar-refractivity contribution < 1.29 is 4.79 Å². The molecule has 1 N–H and O–H groups in total. The Morgan fingerprint density at radius 3 is 2.92 bits per heavy atom. The largest absolute Gasteiger partial charge is 0.328 e. The first-order chi connectivity index (χ1) is 11.9. The third kappa shape index (κ3) is 2.83. The van der Waals surface area contributed by atoms with Crippen molar-refractivity contribution in [1.29, 1.82) is 0 Å². The molecule has 0 bridgehead atoms. The second-order valence-electron chi connectivity index (χ2n) is 7.42. The van der Waals surface area contributed by atoms with E-state index in [0.29, 0.717) is 6.42 Å². The van der Waals surface area contributed by atoms with E-state index in [1.54, 1.807) is 23.1 Å². The van der Waals surface area contributed by atoms with E-state index in [-0.39, 0.29) is 17.2 Å². The van der Waals surface area contributed by atoms with Gasteiger partial charge in [-0.15, -0.1) is 16.4 Å². The highest BCUT2D eigenvalue weighted by Crippen LogP contribution is 2.47. The van der Waals surface area contributed by atoms with E-state index in [9.17, 15) is 4.79 Å². The second kappa shape index (κ2) is 5.99. The molecule has 7 heteroatoms. The lowest BCUT2D eigenvalue weighted by molar-refractivity contribution is -0.118. The monoisotopic (exact) mass is 374 g/mol. The molecule has 0 amide bonds. The molecule has 0 saturated carbocycles. The third-order valence-corrected chi connectivity index (χ3v) is 6.53. The fourth-order valence-electron chi connectivity index (χ4n) is 3.69. The number of nitrogens with zero attached hydrogens (tertiary/aromatic N) is 3. The van der Waals surface area contributed by atoms with Crippen LogP contribution in [0.1, 0.15) is 50.1 Å². The van der Waals surface area contributed by atoms with Crippen molar-refractivity contribution in [2.75, 3.05) is 11.1 Å². The van der Waals surface area contributed by atoms with E-state index in [4.69, 9.17) is 5.10 Å². The van der Waals surface area contributed by atoms with Crippen molar-refractivity contribution in [1.82, 2.24) is 14.8 Å². The summed E-state index contributed by atoms with van der Waals surface area (Å²) in [6, 6.07) is 1.95. The Morgan fingerprint density at radius 1 is 1.44 bits per heavy atom. The minimum atomic E-state index is -0.159. The molecule has 1 aliphatic heterocycles. The maximum absolute atomic E-state index is 13.0. The van der Waals surface area contributed by atoms with E-state index in [2.05, 4.69) is 49.4 Å². The van der Waals surface area contributed by atoms with Crippen LogP contribution < -0.4 is 5.32 Å². The second-order valence-corrected chi connectivity index (χ2v) is 9.60.